The van der Waals surface area contributed by atoms with Gasteiger partial charge in [-0.3, -0.25) is 0 Å². The molecule has 1 aliphatic carbocycles. The van der Waals surface area contributed by atoms with Crippen molar-refractivity contribution in [3.63, 3.8) is 0 Å². The summed E-state index contributed by atoms with van der Waals surface area (Å²) in [7, 11) is 0. The number of hydrogen-bond acceptors (Lipinski definition) is 3. The smallest absolute Gasteiger partial charge is 0.0858 e. The molecule has 4 heteroatoms. The maximum atomic E-state index is 4.13. The highest BCUT2D eigenvalue weighted by Gasteiger charge is 2.17. The lowest BCUT2D eigenvalue weighted by molar-refractivity contribution is 0.421. The van der Waals surface area contributed by atoms with E-state index in [1.54, 1.807) is 17.2 Å². The lowest BCUT2D eigenvalue weighted by Crippen LogP contribution is -2.20. The Hall–Kier alpha value is -2.10. The van der Waals surface area contributed by atoms with E-state index in [0.29, 0.717) is 5.92 Å². The molecule has 110 valence electrons. The summed E-state index contributed by atoms with van der Waals surface area (Å²) in [6.07, 6.45) is 8.27. The average molecular weight is 282 g/mol. The third-order valence-electron chi connectivity index (χ3n) is 4.00. The minimum atomic E-state index is 0.707. The van der Waals surface area contributed by atoms with Crippen LogP contribution in [0.25, 0.3) is 5.69 Å². The van der Waals surface area contributed by atoms with Crippen molar-refractivity contribution in [1.82, 2.24) is 15.0 Å². The van der Waals surface area contributed by atoms with Crippen molar-refractivity contribution >= 4 is 5.69 Å². The van der Waals surface area contributed by atoms with Crippen molar-refractivity contribution in [2.45, 2.75) is 26.7 Å². The lowest BCUT2D eigenvalue weighted by Gasteiger charge is -2.26. The summed E-state index contributed by atoms with van der Waals surface area (Å²) in [5.41, 5.74) is 3.67. The molecule has 4 nitrogen and oxygen atoms in total. The number of anilines is 1. The Bertz CT molecular complexity index is 598. The van der Waals surface area contributed by atoms with Crippen molar-refractivity contribution in [2.75, 3.05) is 11.9 Å². The van der Waals surface area contributed by atoms with Crippen LogP contribution in [0, 0.1) is 11.8 Å². The summed E-state index contributed by atoms with van der Waals surface area (Å²) in [4.78, 5) is 1.63. The van der Waals surface area contributed by atoms with E-state index in [4.69, 9.17) is 0 Å². The van der Waals surface area contributed by atoms with Crippen LogP contribution in [0.5, 0.6) is 0 Å². The van der Waals surface area contributed by atoms with Crippen LogP contribution in [-0.4, -0.2) is 21.5 Å². The average Bonchev–Trinajstić information content (AvgIpc) is 2.99. The van der Waals surface area contributed by atoms with Crippen molar-refractivity contribution in [3.05, 3.63) is 48.3 Å². The first-order valence-electron chi connectivity index (χ1n) is 7.58. The normalized spacial score (nSPS) is 21.9. The van der Waals surface area contributed by atoms with E-state index in [9.17, 15) is 0 Å². The van der Waals surface area contributed by atoms with Gasteiger partial charge in [-0.2, -0.15) is 15.0 Å². The Balaban J connectivity index is 1.58. The highest BCUT2D eigenvalue weighted by Crippen LogP contribution is 2.28. The van der Waals surface area contributed by atoms with Gasteiger partial charge in [-0.05, 0) is 55.9 Å². The van der Waals surface area contributed by atoms with Crippen LogP contribution in [0.2, 0.25) is 0 Å². The molecule has 21 heavy (non-hydrogen) atoms. The molecule has 1 aliphatic rings. The first-order chi connectivity index (χ1) is 10.2. The van der Waals surface area contributed by atoms with Gasteiger partial charge in [0.25, 0.3) is 0 Å². The van der Waals surface area contributed by atoms with Gasteiger partial charge < -0.3 is 5.32 Å². The predicted molar refractivity (Wildman–Crippen MR) is 85.5 cm³/mol. The molecule has 0 saturated carbocycles. The third kappa shape index (κ3) is 3.51. The molecular formula is C17H22N4. The molecule has 2 atom stereocenters. The number of nitrogens with one attached hydrogen (secondary N) is 1. The molecule has 0 amide bonds. The van der Waals surface area contributed by atoms with E-state index in [1.165, 1.54) is 18.4 Å². The number of rotatable bonds is 4. The fourth-order valence-corrected chi connectivity index (χ4v) is 3.17. The first kappa shape index (κ1) is 13.9. The van der Waals surface area contributed by atoms with Gasteiger partial charge in [0.15, 0.2) is 0 Å². The second-order valence-electron chi connectivity index (χ2n) is 6.04. The summed E-state index contributed by atoms with van der Waals surface area (Å²) in [6, 6.07) is 8.26. The Kier molecular flexibility index (Phi) is 4.04. The molecule has 0 bridgehead atoms. The second-order valence-corrected chi connectivity index (χ2v) is 6.04. The minimum absolute atomic E-state index is 0.707. The summed E-state index contributed by atoms with van der Waals surface area (Å²) < 4.78 is 0. The van der Waals surface area contributed by atoms with E-state index in [-0.39, 0.29) is 0 Å². The third-order valence-corrected chi connectivity index (χ3v) is 4.00. The molecule has 0 fully saturated rings. The van der Waals surface area contributed by atoms with Crippen LogP contribution >= 0.6 is 0 Å². The van der Waals surface area contributed by atoms with E-state index in [0.717, 1.165) is 23.8 Å². The number of hydrogen-bond donors (Lipinski definition) is 1. The van der Waals surface area contributed by atoms with Gasteiger partial charge in [-0.25, -0.2) is 0 Å². The summed E-state index contributed by atoms with van der Waals surface area (Å²) in [5.74, 6) is 1.44. The zero-order valence-corrected chi connectivity index (χ0v) is 12.7. The molecule has 1 heterocycles. The van der Waals surface area contributed by atoms with Crippen molar-refractivity contribution in [1.29, 1.82) is 0 Å². The van der Waals surface area contributed by atoms with Crippen LogP contribution < -0.4 is 5.32 Å². The molecule has 1 aromatic carbocycles. The van der Waals surface area contributed by atoms with Crippen LogP contribution in [0.3, 0.4) is 0 Å². The molecule has 2 aromatic rings. The fourth-order valence-electron chi connectivity index (χ4n) is 3.17. The molecule has 0 aliphatic heterocycles. The van der Waals surface area contributed by atoms with Crippen LogP contribution in [-0.2, 0) is 0 Å². The van der Waals surface area contributed by atoms with Gasteiger partial charge in [-0.1, -0.05) is 18.6 Å². The lowest BCUT2D eigenvalue weighted by atomic mass is 9.84. The minimum Gasteiger partial charge on any atom is -0.385 e. The largest absolute Gasteiger partial charge is 0.385 e. The van der Waals surface area contributed by atoms with Gasteiger partial charge in [-0.15, -0.1) is 0 Å². The zero-order valence-electron chi connectivity index (χ0n) is 12.7. The Morgan fingerprint density at radius 3 is 2.57 bits per heavy atom. The molecule has 2 unspecified atom stereocenters. The van der Waals surface area contributed by atoms with Gasteiger partial charge in [0.1, 0.15) is 0 Å². The van der Waals surface area contributed by atoms with Crippen LogP contribution in [0.4, 0.5) is 5.69 Å². The van der Waals surface area contributed by atoms with Crippen molar-refractivity contribution < 1.29 is 0 Å². The summed E-state index contributed by atoms with van der Waals surface area (Å²) >= 11 is 0. The Morgan fingerprint density at radius 1 is 1.19 bits per heavy atom. The quantitative estimate of drug-likeness (QED) is 0.870. The fraction of sp³-hybridized carbons (Fsp3) is 0.412. The maximum Gasteiger partial charge on any atom is 0.0858 e. The van der Waals surface area contributed by atoms with E-state index >= 15 is 0 Å². The molecule has 0 radical (unpaired) electrons. The van der Waals surface area contributed by atoms with Gasteiger partial charge in [0.2, 0.25) is 0 Å². The predicted octanol–water partition coefficient (Wildman–Crippen LogP) is 3.67. The Labute approximate surface area is 125 Å². The molecule has 3 rings (SSSR count). The SMILES string of the molecule is CC1=CC(C)CC(CNc2ccc(-n3nccn3)cc2)C1. The summed E-state index contributed by atoms with van der Waals surface area (Å²) in [6.45, 7) is 5.59. The van der Waals surface area contributed by atoms with Crippen molar-refractivity contribution in [3.8, 4) is 5.69 Å². The molecule has 1 N–H and O–H groups in total. The highest BCUT2D eigenvalue weighted by molar-refractivity contribution is 5.48. The van der Waals surface area contributed by atoms with Crippen LogP contribution in [0.15, 0.2) is 48.3 Å². The van der Waals surface area contributed by atoms with Gasteiger partial charge >= 0.3 is 0 Å². The number of allylic oxidation sites excluding steroid dienone is 2. The number of nitrogens with zero attached hydrogens (tertiary/aromatic N) is 3. The maximum absolute atomic E-state index is 4.13. The second kappa shape index (κ2) is 6.12. The van der Waals surface area contributed by atoms with E-state index < -0.39 is 0 Å². The van der Waals surface area contributed by atoms with Gasteiger partial charge in [0, 0.05) is 12.2 Å². The number of benzene rings is 1. The molecule has 0 saturated heterocycles. The number of aromatic nitrogens is 3. The Morgan fingerprint density at radius 2 is 1.90 bits per heavy atom. The van der Waals surface area contributed by atoms with E-state index in [1.807, 2.05) is 12.1 Å². The first-order valence-corrected chi connectivity index (χ1v) is 7.58. The molecule has 1 aromatic heterocycles. The monoisotopic (exact) mass is 282 g/mol. The van der Waals surface area contributed by atoms with E-state index in [2.05, 4.69) is 47.6 Å². The van der Waals surface area contributed by atoms with Crippen LogP contribution in [0.1, 0.15) is 26.7 Å². The topological polar surface area (TPSA) is 42.7 Å². The molecular weight excluding hydrogens is 260 g/mol. The van der Waals surface area contributed by atoms with Gasteiger partial charge in [0.05, 0.1) is 18.1 Å². The highest BCUT2D eigenvalue weighted by atomic mass is 15.5. The van der Waals surface area contributed by atoms with Crippen molar-refractivity contribution in [2.24, 2.45) is 11.8 Å². The summed E-state index contributed by atoms with van der Waals surface area (Å²) in [5, 5.41) is 11.8. The standard InChI is InChI=1S/C17H22N4/c1-13-9-14(2)11-15(10-13)12-18-16-3-5-17(6-4-16)21-19-7-8-20-21/h3-9,13,15,18H,10-12H2,1-2H3. The molecule has 0 spiro atoms. The zero-order chi connectivity index (χ0) is 14.7.